The molecule has 0 bridgehead atoms. The van der Waals surface area contributed by atoms with Gasteiger partial charge in [-0.25, -0.2) is 28.7 Å². The van der Waals surface area contributed by atoms with Crippen LogP contribution in [0.25, 0.3) is 22.8 Å². The van der Waals surface area contributed by atoms with Crippen LogP contribution < -0.4 is 20.9 Å². The first kappa shape index (κ1) is 28.6. The predicted octanol–water partition coefficient (Wildman–Crippen LogP) is 3.92. The lowest BCUT2D eigenvalue weighted by atomic mass is 10.1. The van der Waals surface area contributed by atoms with Crippen molar-refractivity contribution in [2.45, 2.75) is 0 Å². The number of hydrogen-bond donors (Lipinski definition) is 3. The summed E-state index contributed by atoms with van der Waals surface area (Å²) in [6.45, 7) is 8.23. The van der Waals surface area contributed by atoms with Crippen molar-refractivity contribution >= 4 is 21.6 Å². The van der Waals surface area contributed by atoms with Gasteiger partial charge in [-0.15, -0.1) is 0 Å². The number of hydrogen-bond acceptors (Lipinski definition) is 8. The van der Waals surface area contributed by atoms with E-state index in [-0.39, 0.29) is 11.6 Å². The molecule has 4 aromatic rings. The van der Waals surface area contributed by atoms with Gasteiger partial charge in [-0.05, 0) is 48.5 Å². The number of nitrogens with zero attached hydrogens (tertiary/aromatic N) is 5. The molecule has 0 saturated carbocycles. The lowest BCUT2D eigenvalue weighted by molar-refractivity contribution is 0.534. The van der Waals surface area contributed by atoms with Crippen molar-refractivity contribution in [3.8, 4) is 22.8 Å². The maximum absolute atomic E-state index is 14.2. The van der Waals surface area contributed by atoms with Gasteiger partial charge in [-0.3, -0.25) is 0 Å². The molecule has 3 N–H and O–H groups in total. The van der Waals surface area contributed by atoms with Gasteiger partial charge < -0.3 is 20.9 Å². The Morgan fingerprint density at radius 2 is 1.08 bits per heavy atom. The lowest BCUT2D eigenvalue weighted by Gasteiger charge is -2.29. The van der Waals surface area contributed by atoms with Gasteiger partial charge >= 0.3 is 0 Å². The number of halogens is 3. The van der Waals surface area contributed by atoms with Crippen molar-refractivity contribution in [2.75, 3.05) is 57.3 Å². The molecule has 0 spiro atoms. The summed E-state index contributed by atoms with van der Waals surface area (Å²) >= 11 is 3.19. The van der Waals surface area contributed by atoms with Gasteiger partial charge in [0.05, 0.1) is 11.1 Å². The van der Waals surface area contributed by atoms with Gasteiger partial charge in [0.25, 0.3) is 0 Å². The Kier molecular flexibility index (Phi) is 11.2. The molecule has 2 aromatic carbocycles. The minimum absolute atomic E-state index is 0.276. The molecule has 39 heavy (non-hydrogen) atoms. The molecule has 2 saturated heterocycles. The summed E-state index contributed by atoms with van der Waals surface area (Å²) < 4.78 is 28.3. The Balaban J connectivity index is 0.000000154. The molecule has 2 aromatic heterocycles. The zero-order valence-corrected chi connectivity index (χ0v) is 23.0. The van der Waals surface area contributed by atoms with Gasteiger partial charge in [0.15, 0.2) is 11.6 Å². The van der Waals surface area contributed by atoms with Crippen LogP contribution in [-0.4, -0.2) is 72.3 Å². The number of anilines is 1. The first-order valence-electron chi connectivity index (χ1n) is 12.8. The van der Waals surface area contributed by atoms with Gasteiger partial charge in [0.2, 0.25) is 0 Å². The standard InChI is InChI=1S/C14H15FN4.C10H6BrFN2.C4H10N2/c15-13-10-11(19-8-6-16-7-9-19)2-3-12(13)14-17-4-1-5-18-14;11-7-2-3-8(9(12)6-7)10-13-4-1-5-14-10;1-2-6-4-3-5-1/h1-5,10,16H,6-9H2;1-6H;5-6H,1-4H2. The quantitative estimate of drug-likeness (QED) is 0.328. The van der Waals surface area contributed by atoms with Crippen molar-refractivity contribution in [1.29, 1.82) is 0 Å². The average molecular weight is 598 g/mol. The van der Waals surface area contributed by atoms with E-state index in [1.165, 1.54) is 6.07 Å². The first-order chi connectivity index (χ1) is 19.1. The molecule has 0 unspecified atom stereocenters. The van der Waals surface area contributed by atoms with Crippen LogP contribution in [0.4, 0.5) is 14.5 Å². The molecule has 6 rings (SSSR count). The van der Waals surface area contributed by atoms with E-state index in [2.05, 4.69) is 56.7 Å². The molecule has 0 radical (unpaired) electrons. The summed E-state index contributed by atoms with van der Waals surface area (Å²) in [5.41, 5.74) is 1.77. The fourth-order valence-corrected chi connectivity index (χ4v) is 4.29. The largest absolute Gasteiger partial charge is 0.369 e. The molecule has 2 aliphatic rings. The topological polar surface area (TPSA) is 90.9 Å². The Morgan fingerprint density at radius 1 is 0.615 bits per heavy atom. The highest BCUT2D eigenvalue weighted by Gasteiger charge is 2.14. The van der Waals surface area contributed by atoms with E-state index in [1.807, 2.05) is 6.07 Å². The Hall–Kier alpha value is -3.38. The zero-order chi connectivity index (χ0) is 27.3. The summed E-state index contributed by atoms with van der Waals surface area (Å²) in [4.78, 5) is 18.3. The highest BCUT2D eigenvalue weighted by molar-refractivity contribution is 9.10. The molecule has 0 aliphatic carbocycles. The molecule has 0 amide bonds. The minimum Gasteiger partial charge on any atom is -0.369 e. The monoisotopic (exact) mass is 596 g/mol. The number of piperazine rings is 2. The van der Waals surface area contributed by atoms with Crippen LogP contribution in [0.3, 0.4) is 0 Å². The van der Waals surface area contributed by atoms with E-state index >= 15 is 0 Å². The van der Waals surface area contributed by atoms with Crippen molar-refractivity contribution < 1.29 is 8.78 Å². The third-order valence-corrected chi connectivity index (χ3v) is 6.43. The van der Waals surface area contributed by atoms with Crippen molar-refractivity contribution in [2.24, 2.45) is 0 Å². The van der Waals surface area contributed by atoms with Crippen LogP contribution >= 0.6 is 15.9 Å². The van der Waals surface area contributed by atoms with Crippen LogP contribution in [0.5, 0.6) is 0 Å². The second-order valence-electron chi connectivity index (χ2n) is 8.67. The second kappa shape index (κ2) is 15.3. The van der Waals surface area contributed by atoms with Crippen LogP contribution in [0, 0.1) is 11.6 Å². The summed E-state index contributed by atoms with van der Waals surface area (Å²) in [7, 11) is 0. The number of aromatic nitrogens is 4. The van der Waals surface area contributed by atoms with Crippen LogP contribution in [0.15, 0.2) is 77.8 Å². The second-order valence-corrected chi connectivity index (χ2v) is 9.59. The lowest BCUT2D eigenvalue weighted by Crippen LogP contribution is -2.43. The van der Waals surface area contributed by atoms with E-state index in [0.717, 1.165) is 58.0 Å². The molecule has 4 heterocycles. The Bertz CT molecular complexity index is 1280. The van der Waals surface area contributed by atoms with Crippen LogP contribution in [0.2, 0.25) is 0 Å². The summed E-state index contributed by atoms with van der Waals surface area (Å²) in [5.74, 6) is 0.220. The fraction of sp³-hybridized carbons (Fsp3) is 0.286. The fourth-order valence-electron chi connectivity index (χ4n) is 3.96. The summed E-state index contributed by atoms with van der Waals surface area (Å²) in [6, 6.07) is 13.5. The van der Waals surface area contributed by atoms with E-state index in [9.17, 15) is 8.78 Å². The maximum atomic E-state index is 14.2. The third kappa shape index (κ3) is 8.82. The minimum atomic E-state index is -0.328. The van der Waals surface area contributed by atoms with Crippen LogP contribution in [0.1, 0.15) is 0 Å². The Morgan fingerprint density at radius 3 is 1.54 bits per heavy atom. The molecule has 11 heteroatoms. The smallest absolute Gasteiger partial charge is 0.162 e. The average Bonchev–Trinajstić information content (AvgIpc) is 3.00. The molecule has 8 nitrogen and oxygen atoms in total. The highest BCUT2D eigenvalue weighted by Crippen LogP contribution is 2.25. The molecule has 2 aliphatic heterocycles. The van der Waals surface area contributed by atoms with Gasteiger partial charge in [0.1, 0.15) is 11.6 Å². The SMILES string of the molecule is C1CNCCN1.Fc1cc(Br)ccc1-c1ncccn1.Fc1cc(N2CCNCC2)ccc1-c1ncccn1. The number of benzene rings is 2. The molecule has 2 fully saturated rings. The van der Waals surface area contributed by atoms with E-state index < -0.39 is 0 Å². The van der Waals surface area contributed by atoms with Crippen molar-refractivity contribution in [1.82, 2.24) is 35.9 Å². The normalized spacial score (nSPS) is 14.9. The summed E-state index contributed by atoms with van der Waals surface area (Å²) in [5, 5.41) is 9.73. The number of nitrogens with one attached hydrogen (secondary N) is 3. The van der Waals surface area contributed by atoms with E-state index in [0.29, 0.717) is 27.2 Å². The predicted molar refractivity (Wildman–Crippen MR) is 153 cm³/mol. The maximum Gasteiger partial charge on any atom is 0.162 e. The number of rotatable bonds is 3. The third-order valence-electron chi connectivity index (χ3n) is 5.94. The van der Waals surface area contributed by atoms with Gasteiger partial charge in [0, 0.05) is 87.3 Å². The first-order valence-corrected chi connectivity index (χ1v) is 13.6. The van der Waals surface area contributed by atoms with E-state index in [4.69, 9.17) is 0 Å². The van der Waals surface area contributed by atoms with Crippen LogP contribution in [-0.2, 0) is 0 Å². The van der Waals surface area contributed by atoms with Gasteiger partial charge in [-0.2, -0.15) is 0 Å². The Labute approximate surface area is 235 Å². The highest BCUT2D eigenvalue weighted by atomic mass is 79.9. The summed E-state index contributed by atoms with van der Waals surface area (Å²) in [6.07, 6.45) is 6.41. The zero-order valence-electron chi connectivity index (χ0n) is 21.5. The molecular weight excluding hydrogens is 566 g/mol. The van der Waals surface area contributed by atoms with Crippen molar-refractivity contribution in [3.05, 3.63) is 89.4 Å². The molecule has 0 atom stereocenters. The molecule has 204 valence electrons. The van der Waals surface area contributed by atoms with Crippen molar-refractivity contribution in [3.63, 3.8) is 0 Å². The van der Waals surface area contributed by atoms with E-state index in [1.54, 1.807) is 61.2 Å². The molecular formula is C28H31BrF2N8. The van der Waals surface area contributed by atoms with Gasteiger partial charge in [-0.1, -0.05) is 15.9 Å².